The number of aliphatic hydroxyl groups is 1. The summed E-state index contributed by atoms with van der Waals surface area (Å²) < 4.78 is 1.53. The normalized spacial score (nSPS) is 14.6. The molecule has 96 valence electrons. The first-order valence-corrected chi connectivity index (χ1v) is 7.74. The van der Waals surface area contributed by atoms with Crippen molar-refractivity contribution in [2.45, 2.75) is 38.3 Å². The third-order valence-corrected chi connectivity index (χ3v) is 4.34. The molecule has 0 fully saturated rings. The van der Waals surface area contributed by atoms with Gasteiger partial charge in [-0.1, -0.05) is 19.8 Å². The van der Waals surface area contributed by atoms with E-state index in [0.717, 1.165) is 25.5 Å². The molecule has 0 heterocycles. The quantitative estimate of drug-likeness (QED) is 0.591. The zero-order valence-corrected chi connectivity index (χ0v) is 14.0. The SMILES string of the molecule is CCCC[C@H](O)[C@H](N)c1cc(I)c(O)c(I)c1. The maximum Gasteiger partial charge on any atom is 0.142 e. The summed E-state index contributed by atoms with van der Waals surface area (Å²) >= 11 is 4.14. The zero-order valence-electron chi connectivity index (χ0n) is 9.66. The molecular weight excluding hydrogens is 444 g/mol. The standard InChI is InChI=1S/C12H17I2NO2/c1-2-3-4-10(16)11(15)7-5-8(13)12(17)9(14)6-7/h5-6,10-11,16-17H,2-4,15H2,1H3/t10-,11+/m0/s1. The third kappa shape index (κ3) is 4.22. The summed E-state index contributed by atoms with van der Waals surface area (Å²) in [4.78, 5) is 0. The minimum atomic E-state index is -0.522. The van der Waals surface area contributed by atoms with Crippen LogP contribution in [0.15, 0.2) is 12.1 Å². The first kappa shape index (κ1) is 15.5. The highest BCUT2D eigenvalue weighted by Gasteiger charge is 2.18. The maximum atomic E-state index is 9.96. The van der Waals surface area contributed by atoms with Gasteiger partial charge in [-0.05, 0) is 69.3 Å². The van der Waals surface area contributed by atoms with Gasteiger partial charge < -0.3 is 15.9 Å². The molecule has 5 heteroatoms. The second kappa shape index (κ2) is 7.10. The number of benzene rings is 1. The summed E-state index contributed by atoms with van der Waals surface area (Å²) in [6, 6.07) is 3.28. The molecular formula is C12H17I2NO2. The van der Waals surface area contributed by atoms with Crippen molar-refractivity contribution in [1.29, 1.82) is 0 Å². The number of halogens is 2. The fraction of sp³-hybridized carbons (Fsp3) is 0.500. The molecule has 1 rings (SSSR count). The van der Waals surface area contributed by atoms with E-state index in [0.29, 0.717) is 6.42 Å². The van der Waals surface area contributed by atoms with Crippen molar-refractivity contribution in [3.05, 3.63) is 24.8 Å². The van der Waals surface area contributed by atoms with E-state index in [-0.39, 0.29) is 11.8 Å². The van der Waals surface area contributed by atoms with E-state index >= 15 is 0 Å². The number of rotatable bonds is 5. The van der Waals surface area contributed by atoms with Crippen LogP contribution in [0.5, 0.6) is 5.75 Å². The fourth-order valence-corrected chi connectivity index (χ4v) is 3.41. The van der Waals surface area contributed by atoms with E-state index < -0.39 is 6.10 Å². The highest BCUT2D eigenvalue weighted by molar-refractivity contribution is 14.1. The summed E-state index contributed by atoms with van der Waals surface area (Å²) in [7, 11) is 0. The first-order chi connectivity index (χ1) is 7.97. The van der Waals surface area contributed by atoms with Crippen LogP contribution < -0.4 is 5.73 Å². The van der Waals surface area contributed by atoms with Gasteiger partial charge in [0.2, 0.25) is 0 Å². The largest absolute Gasteiger partial charge is 0.506 e. The van der Waals surface area contributed by atoms with E-state index in [9.17, 15) is 10.2 Å². The van der Waals surface area contributed by atoms with Crippen LogP contribution >= 0.6 is 45.2 Å². The summed E-state index contributed by atoms with van der Waals surface area (Å²) in [5, 5.41) is 19.6. The lowest BCUT2D eigenvalue weighted by atomic mass is 9.98. The molecule has 0 radical (unpaired) electrons. The Labute approximate surface area is 129 Å². The monoisotopic (exact) mass is 461 g/mol. The van der Waals surface area contributed by atoms with Crippen LogP contribution in [-0.4, -0.2) is 16.3 Å². The molecule has 0 saturated heterocycles. The van der Waals surface area contributed by atoms with Gasteiger partial charge in [0, 0.05) is 0 Å². The average Bonchev–Trinajstić information content (AvgIpc) is 2.31. The van der Waals surface area contributed by atoms with Crippen molar-refractivity contribution in [3.63, 3.8) is 0 Å². The summed E-state index contributed by atoms with van der Waals surface area (Å²) in [5.41, 5.74) is 6.90. The molecule has 2 atom stereocenters. The topological polar surface area (TPSA) is 66.5 Å². The maximum absolute atomic E-state index is 9.96. The Hall–Kier alpha value is 0.400. The van der Waals surface area contributed by atoms with E-state index in [1.165, 1.54) is 0 Å². The number of aromatic hydroxyl groups is 1. The van der Waals surface area contributed by atoms with Crippen LogP contribution in [0.4, 0.5) is 0 Å². The smallest absolute Gasteiger partial charge is 0.142 e. The third-order valence-electron chi connectivity index (χ3n) is 2.69. The lowest BCUT2D eigenvalue weighted by Crippen LogP contribution is -2.26. The zero-order chi connectivity index (χ0) is 13.0. The van der Waals surface area contributed by atoms with Crippen molar-refractivity contribution in [1.82, 2.24) is 0 Å². The summed E-state index contributed by atoms with van der Waals surface area (Å²) in [6.45, 7) is 2.09. The van der Waals surface area contributed by atoms with Crippen molar-refractivity contribution < 1.29 is 10.2 Å². The van der Waals surface area contributed by atoms with Crippen LogP contribution in [0.1, 0.15) is 37.8 Å². The van der Waals surface area contributed by atoms with Gasteiger partial charge in [0.25, 0.3) is 0 Å². The second-order valence-electron chi connectivity index (χ2n) is 4.07. The number of hydrogen-bond acceptors (Lipinski definition) is 3. The minimum Gasteiger partial charge on any atom is -0.506 e. The lowest BCUT2D eigenvalue weighted by molar-refractivity contribution is 0.132. The van der Waals surface area contributed by atoms with Gasteiger partial charge in [-0.25, -0.2) is 0 Å². The fourth-order valence-electron chi connectivity index (χ4n) is 1.59. The number of aliphatic hydroxyl groups excluding tert-OH is 1. The molecule has 4 N–H and O–H groups in total. The van der Waals surface area contributed by atoms with Crippen LogP contribution in [0.2, 0.25) is 0 Å². The molecule has 0 amide bonds. The number of phenols is 1. The van der Waals surface area contributed by atoms with Gasteiger partial charge in [-0.2, -0.15) is 0 Å². The number of nitrogens with two attached hydrogens (primary N) is 1. The Morgan fingerprint density at radius 3 is 2.29 bits per heavy atom. The lowest BCUT2D eigenvalue weighted by Gasteiger charge is -2.20. The Balaban J connectivity index is 2.85. The number of phenolic OH excluding ortho intramolecular Hbond substituents is 1. The van der Waals surface area contributed by atoms with E-state index in [4.69, 9.17) is 5.73 Å². The van der Waals surface area contributed by atoms with Gasteiger partial charge in [-0.15, -0.1) is 0 Å². The van der Waals surface area contributed by atoms with E-state index in [1.54, 1.807) is 0 Å². The molecule has 0 aliphatic heterocycles. The molecule has 1 aromatic carbocycles. The average molecular weight is 461 g/mol. The van der Waals surface area contributed by atoms with Crippen molar-refractivity contribution in [2.75, 3.05) is 0 Å². The van der Waals surface area contributed by atoms with Crippen LogP contribution in [0.25, 0.3) is 0 Å². The van der Waals surface area contributed by atoms with Crippen LogP contribution in [0, 0.1) is 7.14 Å². The van der Waals surface area contributed by atoms with Crippen molar-refractivity contribution in [2.24, 2.45) is 5.73 Å². The van der Waals surface area contributed by atoms with Gasteiger partial charge in [0.05, 0.1) is 19.3 Å². The van der Waals surface area contributed by atoms with E-state index in [1.807, 2.05) is 12.1 Å². The molecule has 17 heavy (non-hydrogen) atoms. The Morgan fingerprint density at radius 2 is 1.82 bits per heavy atom. The molecule has 0 saturated carbocycles. The Morgan fingerprint density at radius 1 is 1.29 bits per heavy atom. The van der Waals surface area contributed by atoms with Crippen LogP contribution in [-0.2, 0) is 0 Å². The molecule has 0 aliphatic rings. The molecule has 0 bridgehead atoms. The minimum absolute atomic E-state index is 0.283. The number of hydrogen-bond donors (Lipinski definition) is 3. The van der Waals surface area contributed by atoms with Crippen LogP contribution in [0.3, 0.4) is 0 Å². The molecule has 0 aliphatic carbocycles. The van der Waals surface area contributed by atoms with Gasteiger partial charge in [0.15, 0.2) is 0 Å². The molecule has 0 aromatic heterocycles. The molecule has 1 aromatic rings. The van der Waals surface area contributed by atoms with Gasteiger partial charge in [0.1, 0.15) is 5.75 Å². The second-order valence-corrected chi connectivity index (χ2v) is 6.39. The van der Waals surface area contributed by atoms with Gasteiger partial charge >= 0.3 is 0 Å². The van der Waals surface area contributed by atoms with Crippen molar-refractivity contribution >= 4 is 45.2 Å². The van der Waals surface area contributed by atoms with E-state index in [2.05, 4.69) is 52.1 Å². The summed E-state index contributed by atoms with van der Waals surface area (Å²) in [5.74, 6) is 0.283. The Bertz CT molecular complexity index is 362. The molecule has 0 spiro atoms. The highest BCUT2D eigenvalue weighted by atomic mass is 127. The van der Waals surface area contributed by atoms with Gasteiger partial charge in [-0.3, -0.25) is 0 Å². The molecule has 3 nitrogen and oxygen atoms in total. The predicted octanol–water partition coefficient (Wildman–Crippen LogP) is 3.15. The molecule has 0 unspecified atom stereocenters. The van der Waals surface area contributed by atoms with Crippen molar-refractivity contribution in [3.8, 4) is 5.75 Å². The predicted molar refractivity (Wildman–Crippen MR) is 86.0 cm³/mol. The Kier molecular flexibility index (Phi) is 6.46. The summed E-state index contributed by atoms with van der Waals surface area (Å²) in [6.07, 6.45) is 2.22. The number of unbranched alkanes of at least 4 members (excludes halogenated alkanes) is 1. The highest BCUT2D eigenvalue weighted by Crippen LogP contribution is 2.30. The first-order valence-electron chi connectivity index (χ1n) is 5.59.